The summed E-state index contributed by atoms with van der Waals surface area (Å²) < 4.78 is 30.6. The van der Waals surface area contributed by atoms with Crippen LogP contribution in [-0.2, 0) is 27.9 Å². The molecule has 0 bridgehead atoms. The molecule has 0 aliphatic heterocycles. The van der Waals surface area contributed by atoms with Crippen molar-refractivity contribution in [3.05, 3.63) is 85.1 Å². The molecule has 0 aromatic carbocycles. The van der Waals surface area contributed by atoms with Gasteiger partial charge in [-0.1, -0.05) is 215 Å². The van der Waals surface area contributed by atoms with Gasteiger partial charge < -0.3 is 19.4 Å². The van der Waals surface area contributed by atoms with Gasteiger partial charge in [0.05, 0.1) is 33.8 Å². The van der Waals surface area contributed by atoms with E-state index < -0.39 is 20.0 Å². The number of allylic oxidation sites excluding steroid dienone is 13. The van der Waals surface area contributed by atoms with Crippen LogP contribution >= 0.6 is 7.82 Å². The number of carbonyl (C=O) groups excluding carboxylic acids is 2. The lowest BCUT2D eigenvalue weighted by Crippen LogP contribution is -2.47. The number of phosphoric ester groups is 1. The molecule has 0 fully saturated rings. The van der Waals surface area contributed by atoms with E-state index >= 15 is 0 Å². The molecule has 0 aliphatic carbocycles. The highest BCUT2D eigenvalue weighted by Crippen LogP contribution is 2.43. The van der Waals surface area contributed by atoms with Gasteiger partial charge in [0.2, 0.25) is 5.91 Å². The SMILES string of the molecule is CC/C=C\C/C=C\C/C=C\C/C=C\C/C=C\CCCCCCCC(=O)OC(/C=C\CCCCCCCCCCC)C(COP(=O)(O)OCC[N+](C)(C)C)NC(=O)CCCCC/C=C\CCCCCCCCC. The third-order valence-electron chi connectivity index (χ3n) is 12.6. The monoisotopic (exact) mass is 1030 g/mol. The average Bonchev–Trinajstić information content (AvgIpc) is 3.34. The molecule has 2 N–H and O–H groups in total. The lowest BCUT2D eigenvalue weighted by atomic mass is 10.1. The van der Waals surface area contributed by atoms with E-state index in [0.29, 0.717) is 23.9 Å². The number of phosphoric acid groups is 1. The highest BCUT2D eigenvalue weighted by Gasteiger charge is 2.30. The highest BCUT2D eigenvalue weighted by atomic mass is 31.2. The molecule has 3 atom stereocenters. The van der Waals surface area contributed by atoms with E-state index in [2.05, 4.69) is 99.0 Å². The van der Waals surface area contributed by atoms with Crippen molar-refractivity contribution in [2.45, 2.75) is 258 Å². The van der Waals surface area contributed by atoms with Crippen molar-refractivity contribution in [1.29, 1.82) is 0 Å². The maximum atomic E-state index is 13.5. The van der Waals surface area contributed by atoms with E-state index in [-0.39, 0.29) is 31.5 Å². The van der Waals surface area contributed by atoms with Gasteiger partial charge in [0.1, 0.15) is 19.3 Å². The van der Waals surface area contributed by atoms with Crippen LogP contribution in [0.25, 0.3) is 0 Å². The Morgan fingerprint density at radius 2 is 0.889 bits per heavy atom. The Morgan fingerprint density at radius 3 is 1.36 bits per heavy atom. The van der Waals surface area contributed by atoms with Crippen LogP contribution in [0.3, 0.4) is 0 Å². The molecule has 3 unspecified atom stereocenters. The summed E-state index contributed by atoms with van der Waals surface area (Å²) in [4.78, 5) is 37.6. The standard InChI is InChI=1S/C62H111N2O7P/c1-7-10-13-16-19-22-25-27-29-30-31-32-33-34-35-37-40-43-46-49-52-55-62(66)71-60(53-50-47-44-41-38-24-21-18-15-12-9-3)59(58-70-72(67,68)69-57-56-64(4,5)6)63-61(65)54-51-48-45-42-39-36-28-26-23-20-17-14-11-8-2/h10,13,19,22,27,29,31-32,34-36,39,50,53,59-60H,7-9,11-12,14-18,20-21,23-26,28,30,33,37-38,40-49,51-52,54-58H2,1-6H3,(H-,63,65,67,68)/p+1/b13-10-,22-19-,29-27-,32-31-,35-34-,39-36-,53-50-. The van der Waals surface area contributed by atoms with Gasteiger partial charge in [-0.15, -0.1) is 0 Å². The number of rotatable bonds is 52. The van der Waals surface area contributed by atoms with Gasteiger partial charge >= 0.3 is 13.8 Å². The minimum absolute atomic E-state index is 0.0308. The Kier molecular flexibility index (Phi) is 49.6. The van der Waals surface area contributed by atoms with Gasteiger partial charge in [-0.05, 0) is 102 Å². The van der Waals surface area contributed by atoms with Crippen molar-refractivity contribution in [2.24, 2.45) is 0 Å². The van der Waals surface area contributed by atoms with Crippen LogP contribution in [0, 0.1) is 0 Å². The van der Waals surface area contributed by atoms with Gasteiger partial charge in [0, 0.05) is 12.8 Å². The Labute approximate surface area is 444 Å². The van der Waals surface area contributed by atoms with Crippen LogP contribution in [0.5, 0.6) is 0 Å². The topological polar surface area (TPSA) is 111 Å². The van der Waals surface area contributed by atoms with Crippen molar-refractivity contribution in [3.8, 4) is 0 Å². The van der Waals surface area contributed by atoms with Crippen LogP contribution in [0.4, 0.5) is 0 Å². The first-order chi connectivity index (χ1) is 34.9. The summed E-state index contributed by atoms with van der Waals surface area (Å²) in [6.45, 7) is 6.85. The number of unbranched alkanes of at least 4 members (excludes halogenated alkanes) is 24. The van der Waals surface area contributed by atoms with Crippen molar-refractivity contribution < 1.29 is 37.3 Å². The molecular weight excluding hydrogens is 916 g/mol. The van der Waals surface area contributed by atoms with Crippen molar-refractivity contribution in [2.75, 3.05) is 40.9 Å². The molecule has 9 nitrogen and oxygen atoms in total. The zero-order valence-corrected chi connectivity index (χ0v) is 48.3. The molecule has 0 rings (SSSR count). The first-order valence-electron chi connectivity index (χ1n) is 29.4. The summed E-state index contributed by atoms with van der Waals surface area (Å²) in [5.41, 5.74) is 0. The first kappa shape index (κ1) is 69.2. The number of nitrogens with one attached hydrogen (secondary N) is 1. The molecule has 0 radical (unpaired) electrons. The second-order valence-electron chi connectivity index (χ2n) is 20.8. The lowest BCUT2D eigenvalue weighted by molar-refractivity contribution is -0.870. The zero-order chi connectivity index (χ0) is 52.9. The molecule has 0 heterocycles. The largest absolute Gasteiger partial charge is 0.472 e. The zero-order valence-electron chi connectivity index (χ0n) is 47.4. The molecule has 0 saturated heterocycles. The lowest BCUT2D eigenvalue weighted by Gasteiger charge is -2.27. The first-order valence-corrected chi connectivity index (χ1v) is 30.9. The molecular formula is C62H112N2O7P+. The Hall–Kier alpha value is -2.81. The Bertz CT molecular complexity index is 1510. The number of likely N-dealkylation sites (N-methyl/N-ethyl adjacent to an activating group) is 1. The van der Waals surface area contributed by atoms with E-state index in [0.717, 1.165) is 116 Å². The number of esters is 1. The number of carbonyl (C=O) groups is 2. The second kappa shape index (κ2) is 51.7. The maximum Gasteiger partial charge on any atom is 0.472 e. The molecule has 1 amide bonds. The average molecular weight is 1030 g/mol. The molecule has 72 heavy (non-hydrogen) atoms. The third kappa shape index (κ3) is 52.1. The fourth-order valence-corrected chi connectivity index (χ4v) is 8.75. The number of amides is 1. The van der Waals surface area contributed by atoms with E-state index in [1.807, 2.05) is 33.3 Å². The highest BCUT2D eigenvalue weighted by molar-refractivity contribution is 7.47. The number of hydrogen-bond acceptors (Lipinski definition) is 6. The number of ether oxygens (including phenoxy) is 1. The predicted octanol–water partition coefficient (Wildman–Crippen LogP) is 17.8. The molecule has 416 valence electrons. The summed E-state index contributed by atoms with van der Waals surface area (Å²) in [6.07, 6.45) is 67.2. The summed E-state index contributed by atoms with van der Waals surface area (Å²) >= 11 is 0. The molecule has 0 aromatic heterocycles. The third-order valence-corrected chi connectivity index (χ3v) is 13.6. The van der Waals surface area contributed by atoms with Crippen LogP contribution in [0.1, 0.15) is 245 Å². The van der Waals surface area contributed by atoms with Crippen LogP contribution in [-0.4, -0.2) is 74.3 Å². The van der Waals surface area contributed by atoms with E-state index in [4.69, 9.17) is 13.8 Å². The summed E-state index contributed by atoms with van der Waals surface area (Å²) in [6, 6.07) is -0.867. The summed E-state index contributed by atoms with van der Waals surface area (Å²) in [5.74, 6) is -0.549. The van der Waals surface area contributed by atoms with Gasteiger partial charge in [0.15, 0.2) is 0 Å². The number of nitrogens with zero attached hydrogens (tertiary/aromatic N) is 1. The van der Waals surface area contributed by atoms with Crippen molar-refractivity contribution >= 4 is 19.7 Å². The minimum Gasteiger partial charge on any atom is -0.456 e. The van der Waals surface area contributed by atoms with Crippen molar-refractivity contribution in [1.82, 2.24) is 5.32 Å². The van der Waals surface area contributed by atoms with Crippen LogP contribution < -0.4 is 5.32 Å². The van der Waals surface area contributed by atoms with Crippen molar-refractivity contribution in [3.63, 3.8) is 0 Å². The van der Waals surface area contributed by atoms with Gasteiger partial charge in [-0.3, -0.25) is 18.6 Å². The fraction of sp³-hybridized carbons (Fsp3) is 0.742. The summed E-state index contributed by atoms with van der Waals surface area (Å²) in [7, 11) is 1.47. The van der Waals surface area contributed by atoms with Gasteiger partial charge in [0.25, 0.3) is 0 Å². The number of hydrogen-bond donors (Lipinski definition) is 2. The smallest absolute Gasteiger partial charge is 0.456 e. The quantitative estimate of drug-likeness (QED) is 0.0205. The van der Waals surface area contributed by atoms with Gasteiger partial charge in [-0.25, -0.2) is 4.57 Å². The second-order valence-corrected chi connectivity index (χ2v) is 22.2. The molecule has 0 aliphatic rings. The molecule has 10 heteroatoms. The molecule has 0 aromatic rings. The predicted molar refractivity (Wildman–Crippen MR) is 309 cm³/mol. The van der Waals surface area contributed by atoms with Crippen LogP contribution in [0.2, 0.25) is 0 Å². The minimum atomic E-state index is -4.46. The fourth-order valence-electron chi connectivity index (χ4n) is 8.02. The van der Waals surface area contributed by atoms with Crippen LogP contribution in [0.15, 0.2) is 85.1 Å². The number of quaternary nitrogens is 1. The summed E-state index contributed by atoms with van der Waals surface area (Å²) in [5, 5.41) is 3.03. The molecule has 0 spiro atoms. The maximum absolute atomic E-state index is 13.5. The van der Waals surface area contributed by atoms with Gasteiger partial charge in [-0.2, -0.15) is 0 Å². The van der Waals surface area contributed by atoms with E-state index in [9.17, 15) is 19.0 Å². The molecule has 0 saturated carbocycles. The van der Waals surface area contributed by atoms with E-state index in [1.54, 1.807) is 0 Å². The Morgan fingerprint density at radius 1 is 0.500 bits per heavy atom. The Balaban J connectivity index is 5.32. The van der Waals surface area contributed by atoms with E-state index in [1.165, 1.54) is 89.9 Å². The normalized spacial score (nSPS) is 14.4.